The Kier molecular flexibility index (Phi) is 4.39. The smallest absolute Gasteiger partial charge is 0.269 e. The molecule has 3 aromatic rings. The molecule has 118 valence electrons. The topological polar surface area (TPSA) is 70.7 Å². The Bertz CT molecular complexity index is 907. The summed E-state index contributed by atoms with van der Waals surface area (Å²) in [6.07, 6.45) is 5.13. The predicted molar refractivity (Wildman–Crippen MR) is 90.6 cm³/mol. The molecule has 1 aromatic carbocycles. The van der Waals surface area contributed by atoms with Gasteiger partial charge in [0.2, 0.25) is 0 Å². The normalized spacial score (nSPS) is 10.2. The van der Waals surface area contributed by atoms with Gasteiger partial charge in [-0.25, -0.2) is 0 Å². The summed E-state index contributed by atoms with van der Waals surface area (Å²) in [5.74, 6) is -0.288. The van der Waals surface area contributed by atoms with Gasteiger partial charge in [-0.3, -0.25) is 9.78 Å². The van der Waals surface area contributed by atoms with Gasteiger partial charge in [0.25, 0.3) is 5.91 Å². The molecular formula is C19H16N4O. The summed E-state index contributed by atoms with van der Waals surface area (Å²) in [6.45, 7) is 2.33. The average Bonchev–Trinajstić information content (AvgIpc) is 3.05. The minimum absolute atomic E-state index is 0.288. The Labute approximate surface area is 140 Å². The van der Waals surface area contributed by atoms with Crippen LogP contribution in [0.4, 0.5) is 0 Å². The van der Waals surface area contributed by atoms with Crippen LogP contribution in [0.5, 0.6) is 0 Å². The fourth-order valence-electron chi connectivity index (χ4n) is 2.56. The van der Waals surface area contributed by atoms with E-state index < -0.39 is 0 Å². The second-order valence-corrected chi connectivity index (χ2v) is 5.39. The minimum atomic E-state index is -0.288. The van der Waals surface area contributed by atoms with Gasteiger partial charge < -0.3 is 9.88 Å². The number of para-hydroxylation sites is 1. The van der Waals surface area contributed by atoms with E-state index in [9.17, 15) is 10.1 Å². The van der Waals surface area contributed by atoms with Gasteiger partial charge in [-0.05, 0) is 36.2 Å². The molecule has 0 fully saturated rings. The molecule has 0 atom stereocenters. The van der Waals surface area contributed by atoms with Crippen molar-refractivity contribution in [3.8, 4) is 11.8 Å². The van der Waals surface area contributed by atoms with E-state index in [-0.39, 0.29) is 5.91 Å². The molecule has 0 saturated heterocycles. The second kappa shape index (κ2) is 6.80. The lowest BCUT2D eigenvalue weighted by molar-refractivity contribution is 0.0944. The molecule has 24 heavy (non-hydrogen) atoms. The summed E-state index contributed by atoms with van der Waals surface area (Å²) < 4.78 is 1.76. The van der Waals surface area contributed by atoms with Crippen molar-refractivity contribution in [2.75, 3.05) is 0 Å². The number of rotatable bonds is 4. The average molecular weight is 316 g/mol. The molecular weight excluding hydrogens is 300 g/mol. The number of benzene rings is 1. The Morgan fingerprint density at radius 3 is 2.79 bits per heavy atom. The summed E-state index contributed by atoms with van der Waals surface area (Å²) in [5.41, 5.74) is 3.50. The maximum absolute atomic E-state index is 12.7. The van der Waals surface area contributed by atoms with Crippen LogP contribution in [-0.4, -0.2) is 15.5 Å². The van der Waals surface area contributed by atoms with Crippen LogP contribution in [0.15, 0.2) is 61.1 Å². The number of hydrogen-bond donors (Lipinski definition) is 1. The van der Waals surface area contributed by atoms with Crippen molar-refractivity contribution in [3.05, 3.63) is 83.4 Å². The van der Waals surface area contributed by atoms with E-state index >= 15 is 0 Å². The van der Waals surface area contributed by atoms with E-state index in [0.29, 0.717) is 17.8 Å². The van der Waals surface area contributed by atoms with Crippen LogP contribution < -0.4 is 5.32 Å². The van der Waals surface area contributed by atoms with Gasteiger partial charge in [0.15, 0.2) is 0 Å². The SMILES string of the molecule is Cc1ccccc1-n1ccc(C#N)c1C(=O)NCc1cccnc1. The van der Waals surface area contributed by atoms with Crippen molar-refractivity contribution < 1.29 is 4.79 Å². The van der Waals surface area contributed by atoms with Gasteiger partial charge in [0.05, 0.1) is 5.56 Å². The first-order valence-electron chi connectivity index (χ1n) is 7.55. The molecule has 0 radical (unpaired) electrons. The maximum atomic E-state index is 12.7. The number of aromatic nitrogens is 2. The number of aryl methyl sites for hydroxylation is 1. The van der Waals surface area contributed by atoms with Gasteiger partial charge in [-0.15, -0.1) is 0 Å². The van der Waals surface area contributed by atoms with Gasteiger partial charge in [0.1, 0.15) is 11.8 Å². The van der Waals surface area contributed by atoms with Crippen LogP contribution in [0.25, 0.3) is 5.69 Å². The first-order chi connectivity index (χ1) is 11.7. The van der Waals surface area contributed by atoms with E-state index in [2.05, 4.69) is 16.4 Å². The van der Waals surface area contributed by atoms with Crippen LogP contribution in [0.3, 0.4) is 0 Å². The van der Waals surface area contributed by atoms with Gasteiger partial charge in [0, 0.05) is 30.8 Å². The number of hydrogen-bond acceptors (Lipinski definition) is 3. The molecule has 2 aromatic heterocycles. The number of pyridine rings is 1. The molecule has 5 nitrogen and oxygen atoms in total. The molecule has 0 aliphatic rings. The van der Waals surface area contributed by atoms with Crippen molar-refractivity contribution in [2.45, 2.75) is 13.5 Å². The van der Waals surface area contributed by atoms with Gasteiger partial charge in [-0.1, -0.05) is 24.3 Å². The first-order valence-corrected chi connectivity index (χ1v) is 7.55. The third-order valence-electron chi connectivity index (χ3n) is 3.77. The molecule has 0 aliphatic carbocycles. The van der Waals surface area contributed by atoms with Gasteiger partial charge >= 0.3 is 0 Å². The summed E-state index contributed by atoms with van der Waals surface area (Å²) in [4.78, 5) is 16.7. The third-order valence-corrected chi connectivity index (χ3v) is 3.77. The Morgan fingerprint density at radius 1 is 1.25 bits per heavy atom. The summed E-state index contributed by atoms with van der Waals surface area (Å²) >= 11 is 0. The zero-order chi connectivity index (χ0) is 16.9. The number of amides is 1. The van der Waals surface area contributed by atoms with E-state index in [4.69, 9.17) is 0 Å². The largest absolute Gasteiger partial charge is 0.347 e. The lowest BCUT2D eigenvalue weighted by Gasteiger charge is -2.12. The van der Waals surface area contributed by atoms with Crippen molar-refractivity contribution in [2.24, 2.45) is 0 Å². The van der Waals surface area contributed by atoms with Crippen molar-refractivity contribution in [1.82, 2.24) is 14.9 Å². The quantitative estimate of drug-likeness (QED) is 0.804. The minimum Gasteiger partial charge on any atom is -0.347 e. The van der Waals surface area contributed by atoms with Crippen molar-refractivity contribution in [1.29, 1.82) is 5.26 Å². The Balaban J connectivity index is 1.92. The summed E-state index contributed by atoms with van der Waals surface area (Å²) in [5, 5.41) is 12.2. The first kappa shape index (κ1) is 15.5. The fraction of sp³-hybridized carbons (Fsp3) is 0.105. The standard InChI is InChI=1S/C19H16N4O/c1-14-5-2-3-7-17(14)23-10-8-16(11-20)18(23)19(24)22-13-15-6-4-9-21-12-15/h2-10,12H,13H2,1H3,(H,22,24). The lowest BCUT2D eigenvalue weighted by atomic mass is 10.2. The Hall–Kier alpha value is -3.39. The zero-order valence-corrected chi connectivity index (χ0v) is 13.2. The number of carbonyl (C=O) groups excluding carboxylic acids is 1. The highest BCUT2D eigenvalue weighted by molar-refractivity contribution is 5.95. The molecule has 3 rings (SSSR count). The van der Waals surface area contributed by atoms with Crippen LogP contribution >= 0.6 is 0 Å². The number of nitriles is 1. The third kappa shape index (κ3) is 3.03. The lowest BCUT2D eigenvalue weighted by Crippen LogP contribution is -2.26. The van der Waals surface area contributed by atoms with Crippen LogP contribution in [0.1, 0.15) is 27.2 Å². The molecule has 0 unspecified atom stereocenters. The maximum Gasteiger partial charge on any atom is 0.269 e. The Morgan fingerprint density at radius 2 is 2.08 bits per heavy atom. The summed E-state index contributed by atoms with van der Waals surface area (Å²) in [6, 6.07) is 15.2. The summed E-state index contributed by atoms with van der Waals surface area (Å²) in [7, 11) is 0. The number of nitrogens with zero attached hydrogens (tertiary/aromatic N) is 3. The van der Waals surface area contributed by atoms with E-state index in [1.165, 1.54) is 0 Å². The van der Waals surface area contributed by atoms with Crippen LogP contribution in [0.2, 0.25) is 0 Å². The highest BCUT2D eigenvalue weighted by atomic mass is 16.1. The molecule has 1 N–H and O–H groups in total. The van der Waals surface area contributed by atoms with E-state index in [0.717, 1.165) is 16.8 Å². The molecule has 1 amide bonds. The number of nitrogens with one attached hydrogen (secondary N) is 1. The molecule has 2 heterocycles. The zero-order valence-electron chi connectivity index (χ0n) is 13.2. The molecule has 0 aliphatic heterocycles. The highest BCUT2D eigenvalue weighted by Crippen LogP contribution is 2.20. The monoisotopic (exact) mass is 316 g/mol. The molecule has 5 heteroatoms. The fourth-order valence-corrected chi connectivity index (χ4v) is 2.56. The molecule has 0 bridgehead atoms. The van der Waals surface area contributed by atoms with E-state index in [1.807, 2.05) is 43.3 Å². The molecule has 0 spiro atoms. The number of carbonyl (C=O) groups is 1. The van der Waals surface area contributed by atoms with Crippen LogP contribution in [-0.2, 0) is 6.54 Å². The predicted octanol–water partition coefficient (Wildman–Crippen LogP) is 2.98. The van der Waals surface area contributed by atoms with Crippen LogP contribution in [0, 0.1) is 18.3 Å². The van der Waals surface area contributed by atoms with Gasteiger partial charge in [-0.2, -0.15) is 5.26 Å². The molecule has 0 saturated carbocycles. The van der Waals surface area contributed by atoms with Crippen molar-refractivity contribution >= 4 is 5.91 Å². The van der Waals surface area contributed by atoms with E-state index in [1.54, 1.807) is 29.2 Å². The highest BCUT2D eigenvalue weighted by Gasteiger charge is 2.18. The second-order valence-electron chi connectivity index (χ2n) is 5.39. The van der Waals surface area contributed by atoms with Crippen molar-refractivity contribution in [3.63, 3.8) is 0 Å².